The topological polar surface area (TPSA) is 77.2 Å². The number of aromatic nitrogens is 2. The van der Waals surface area contributed by atoms with E-state index < -0.39 is 5.60 Å². The van der Waals surface area contributed by atoms with Gasteiger partial charge in [0.25, 0.3) is 5.91 Å². The number of benzene rings is 2. The minimum absolute atomic E-state index is 0.297. The summed E-state index contributed by atoms with van der Waals surface area (Å²) in [7, 11) is 0. The van der Waals surface area contributed by atoms with Crippen LogP contribution in [0, 0.1) is 0 Å². The van der Waals surface area contributed by atoms with Crippen molar-refractivity contribution in [1.29, 1.82) is 0 Å². The van der Waals surface area contributed by atoms with E-state index in [1.807, 2.05) is 18.2 Å². The van der Waals surface area contributed by atoms with Gasteiger partial charge in [0, 0.05) is 11.9 Å². The SMILES string of the molecule is CC(C)(Oc1ccccc1)C(=O)Nc1ccc(Cl)c(-c2nc3ncccc3o2)c1. The van der Waals surface area contributed by atoms with Crippen molar-refractivity contribution in [2.24, 2.45) is 0 Å². The quantitative estimate of drug-likeness (QED) is 0.483. The van der Waals surface area contributed by atoms with Crippen molar-refractivity contribution < 1.29 is 13.9 Å². The Morgan fingerprint density at radius 1 is 1.10 bits per heavy atom. The Kier molecular flexibility index (Phi) is 4.94. The summed E-state index contributed by atoms with van der Waals surface area (Å²) < 4.78 is 11.6. The number of hydrogen-bond acceptors (Lipinski definition) is 5. The van der Waals surface area contributed by atoms with Gasteiger partial charge < -0.3 is 14.5 Å². The van der Waals surface area contributed by atoms with Gasteiger partial charge in [0.05, 0.1) is 10.6 Å². The molecule has 1 amide bonds. The molecule has 4 aromatic rings. The molecule has 4 rings (SSSR count). The Morgan fingerprint density at radius 3 is 2.66 bits per heavy atom. The predicted octanol–water partition coefficient (Wildman–Crippen LogP) is 5.34. The van der Waals surface area contributed by atoms with E-state index in [-0.39, 0.29) is 5.91 Å². The molecule has 0 saturated carbocycles. The second kappa shape index (κ2) is 7.56. The number of carbonyl (C=O) groups excluding carboxylic acids is 1. The summed E-state index contributed by atoms with van der Waals surface area (Å²) in [6, 6.07) is 17.8. The van der Waals surface area contributed by atoms with Gasteiger partial charge in [0.15, 0.2) is 16.8 Å². The minimum atomic E-state index is -1.08. The summed E-state index contributed by atoms with van der Waals surface area (Å²) in [6.07, 6.45) is 1.64. The first kappa shape index (κ1) is 19.0. The number of nitrogens with one attached hydrogen (secondary N) is 1. The predicted molar refractivity (Wildman–Crippen MR) is 112 cm³/mol. The van der Waals surface area contributed by atoms with E-state index in [4.69, 9.17) is 20.8 Å². The summed E-state index contributed by atoms with van der Waals surface area (Å²) in [6.45, 7) is 3.41. The highest BCUT2D eigenvalue weighted by Crippen LogP contribution is 2.32. The lowest BCUT2D eigenvalue weighted by molar-refractivity contribution is -0.128. The minimum Gasteiger partial charge on any atom is -0.478 e. The number of anilines is 1. The van der Waals surface area contributed by atoms with E-state index in [0.29, 0.717) is 39.1 Å². The molecule has 0 saturated heterocycles. The standard InChI is InChI=1S/C22H18ClN3O3/c1-22(2,29-15-7-4-3-5-8-15)21(27)25-14-10-11-17(23)16(13-14)20-26-19-18(28-20)9-6-12-24-19/h3-13H,1-2H3,(H,25,27). The molecule has 0 fully saturated rings. The maximum absolute atomic E-state index is 12.8. The van der Waals surface area contributed by atoms with Gasteiger partial charge in [0.2, 0.25) is 5.89 Å². The molecule has 0 bridgehead atoms. The highest BCUT2D eigenvalue weighted by atomic mass is 35.5. The van der Waals surface area contributed by atoms with Crippen LogP contribution in [-0.4, -0.2) is 21.5 Å². The molecule has 0 atom stereocenters. The first-order valence-corrected chi connectivity index (χ1v) is 9.37. The number of carbonyl (C=O) groups is 1. The molecule has 7 heteroatoms. The summed E-state index contributed by atoms with van der Waals surface area (Å²) in [4.78, 5) is 21.3. The molecule has 0 aliphatic rings. The molecule has 2 heterocycles. The van der Waals surface area contributed by atoms with Crippen LogP contribution in [0.1, 0.15) is 13.8 Å². The number of para-hydroxylation sites is 1. The lowest BCUT2D eigenvalue weighted by atomic mass is 10.1. The summed E-state index contributed by atoms with van der Waals surface area (Å²) in [5.41, 5.74) is 1.08. The van der Waals surface area contributed by atoms with Crippen LogP contribution in [0.25, 0.3) is 22.7 Å². The lowest BCUT2D eigenvalue weighted by Gasteiger charge is -2.25. The van der Waals surface area contributed by atoms with Gasteiger partial charge in [-0.3, -0.25) is 4.79 Å². The van der Waals surface area contributed by atoms with Gasteiger partial charge in [-0.15, -0.1) is 0 Å². The largest absolute Gasteiger partial charge is 0.478 e. The second-order valence-corrected chi connectivity index (χ2v) is 7.33. The highest BCUT2D eigenvalue weighted by Gasteiger charge is 2.30. The normalized spacial score (nSPS) is 11.4. The van der Waals surface area contributed by atoms with Crippen molar-refractivity contribution in [2.75, 3.05) is 5.32 Å². The van der Waals surface area contributed by atoms with Crippen molar-refractivity contribution in [3.63, 3.8) is 0 Å². The van der Waals surface area contributed by atoms with E-state index in [1.165, 1.54) is 0 Å². The Balaban J connectivity index is 1.58. The van der Waals surface area contributed by atoms with Gasteiger partial charge in [-0.05, 0) is 56.3 Å². The maximum Gasteiger partial charge on any atom is 0.267 e. The fraction of sp³-hybridized carbons (Fsp3) is 0.136. The van der Waals surface area contributed by atoms with Gasteiger partial charge in [-0.1, -0.05) is 29.8 Å². The van der Waals surface area contributed by atoms with E-state index in [1.54, 1.807) is 62.5 Å². The molecule has 29 heavy (non-hydrogen) atoms. The van der Waals surface area contributed by atoms with Crippen LogP contribution in [0.15, 0.2) is 71.3 Å². The number of pyridine rings is 1. The van der Waals surface area contributed by atoms with Crippen molar-refractivity contribution in [3.05, 3.63) is 71.9 Å². The zero-order valence-electron chi connectivity index (χ0n) is 15.8. The number of fused-ring (bicyclic) bond motifs is 1. The molecule has 2 aromatic carbocycles. The fourth-order valence-corrected chi connectivity index (χ4v) is 2.96. The average Bonchev–Trinajstić information content (AvgIpc) is 3.14. The Labute approximate surface area is 172 Å². The molecule has 146 valence electrons. The van der Waals surface area contributed by atoms with Crippen LogP contribution in [0.3, 0.4) is 0 Å². The third kappa shape index (κ3) is 4.07. The van der Waals surface area contributed by atoms with Gasteiger partial charge in [0.1, 0.15) is 5.75 Å². The van der Waals surface area contributed by atoms with E-state index in [0.717, 1.165) is 0 Å². The smallest absolute Gasteiger partial charge is 0.267 e. The van der Waals surface area contributed by atoms with Crippen LogP contribution in [0.4, 0.5) is 5.69 Å². The zero-order chi connectivity index (χ0) is 20.4. The number of amides is 1. The molecule has 1 N–H and O–H groups in total. The number of nitrogens with zero attached hydrogens (tertiary/aromatic N) is 2. The number of rotatable bonds is 5. The van der Waals surface area contributed by atoms with E-state index in [2.05, 4.69) is 15.3 Å². The summed E-state index contributed by atoms with van der Waals surface area (Å²) in [5.74, 6) is 0.650. The van der Waals surface area contributed by atoms with E-state index in [9.17, 15) is 4.79 Å². The van der Waals surface area contributed by atoms with Crippen molar-refractivity contribution in [2.45, 2.75) is 19.4 Å². The molecule has 6 nitrogen and oxygen atoms in total. The van der Waals surface area contributed by atoms with Gasteiger partial charge in [-0.25, -0.2) is 4.98 Å². The van der Waals surface area contributed by atoms with Gasteiger partial charge in [-0.2, -0.15) is 4.98 Å². The zero-order valence-corrected chi connectivity index (χ0v) is 16.6. The van der Waals surface area contributed by atoms with Crippen molar-refractivity contribution in [3.8, 4) is 17.2 Å². The van der Waals surface area contributed by atoms with E-state index >= 15 is 0 Å². The van der Waals surface area contributed by atoms with Crippen molar-refractivity contribution >= 4 is 34.4 Å². The van der Waals surface area contributed by atoms with Crippen LogP contribution >= 0.6 is 11.6 Å². The molecule has 0 aliphatic carbocycles. The van der Waals surface area contributed by atoms with Crippen LogP contribution in [0.5, 0.6) is 5.75 Å². The maximum atomic E-state index is 12.8. The molecule has 0 spiro atoms. The number of oxazole rings is 1. The molecule has 0 unspecified atom stereocenters. The Bertz CT molecular complexity index is 1140. The first-order valence-electron chi connectivity index (χ1n) is 8.99. The third-order valence-corrected chi connectivity index (χ3v) is 4.61. The molecule has 0 radical (unpaired) electrons. The number of ether oxygens (including phenoxy) is 1. The van der Waals surface area contributed by atoms with Gasteiger partial charge >= 0.3 is 0 Å². The van der Waals surface area contributed by atoms with Crippen LogP contribution in [-0.2, 0) is 4.79 Å². The highest BCUT2D eigenvalue weighted by molar-refractivity contribution is 6.33. The average molecular weight is 408 g/mol. The molecular weight excluding hydrogens is 390 g/mol. The summed E-state index contributed by atoms with van der Waals surface area (Å²) >= 11 is 6.33. The molecular formula is C22H18ClN3O3. The molecule has 2 aromatic heterocycles. The Hall–Kier alpha value is -3.38. The van der Waals surface area contributed by atoms with Crippen molar-refractivity contribution in [1.82, 2.24) is 9.97 Å². The fourth-order valence-electron chi connectivity index (χ4n) is 2.76. The number of hydrogen-bond donors (Lipinski definition) is 1. The Morgan fingerprint density at radius 2 is 1.90 bits per heavy atom. The number of halogens is 1. The van der Waals surface area contributed by atoms with Crippen LogP contribution < -0.4 is 10.1 Å². The second-order valence-electron chi connectivity index (χ2n) is 6.92. The molecule has 0 aliphatic heterocycles. The first-order chi connectivity index (χ1) is 13.9. The summed E-state index contributed by atoms with van der Waals surface area (Å²) in [5, 5.41) is 3.32. The monoisotopic (exact) mass is 407 g/mol. The lowest BCUT2D eigenvalue weighted by Crippen LogP contribution is -2.42. The van der Waals surface area contributed by atoms with Crippen LogP contribution in [0.2, 0.25) is 5.02 Å². The third-order valence-electron chi connectivity index (χ3n) is 4.28.